The zero-order chi connectivity index (χ0) is 22.9. The van der Waals surface area contributed by atoms with Gasteiger partial charge >= 0.3 is 0 Å². The fourth-order valence-corrected chi connectivity index (χ4v) is 5.62. The van der Waals surface area contributed by atoms with E-state index in [1.807, 2.05) is 30.3 Å². The SMILES string of the molecule is Cn1cc2c(c1C(=O)Nc1cc(F)nc(C#N)c1)CCC(Cc1ccccc1)NS2(=N)=O. The normalized spacial score (nSPS) is 20.1. The average Bonchev–Trinajstić information content (AvgIpc) is 3.03. The fourth-order valence-electron chi connectivity index (χ4n) is 3.97. The highest BCUT2D eigenvalue weighted by atomic mass is 32.2. The molecule has 4 rings (SSSR count). The lowest BCUT2D eigenvalue weighted by molar-refractivity contribution is 0.101. The highest BCUT2D eigenvalue weighted by Crippen LogP contribution is 2.29. The number of anilines is 1. The van der Waals surface area contributed by atoms with Gasteiger partial charge in [-0.2, -0.15) is 9.65 Å². The molecule has 0 bridgehead atoms. The van der Waals surface area contributed by atoms with Gasteiger partial charge in [0.25, 0.3) is 5.91 Å². The number of aryl methyl sites for hydroxylation is 1. The van der Waals surface area contributed by atoms with Crippen molar-refractivity contribution in [2.45, 2.75) is 30.2 Å². The number of aromatic nitrogens is 2. The number of pyridine rings is 1. The van der Waals surface area contributed by atoms with Gasteiger partial charge in [0.1, 0.15) is 27.4 Å². The number of nitriles is 1. The topological polar surface area (TPSA) is 124 Å². The van der Waals surface area contributed by atoms with Crippen LogP contribution in [-0.4, -0.2) is 25.7 Å². The van der Waals surface area contributed by atoms with Gasteiger partial charge in [-0.05, 0) is 30.9 Å². The molecule has 0 saturated carbocycles. The van der Waals surface area contributed by atoms with E-state index in [2.05, 4.69) is 15.0 Å². The molecule has 1 aromatic carbocycles. The van der Waals surface area contributed by atoms with Crippen molar-refractivity contribution in [3.05, 3.63) is 77.1 Å². The number of rotatable bonds is 4. The lowest BCUT2D eigenvalue weighted by Gasteiger charge is -2.17. The minimum absolute atomic E-state index is 0.0920. The summed E-state index contributed by atoms with van der Waals surface area (Å²) in [6.45, 7) is 0. The number of nitrogens with zero attached hydrogens (tertiary/aromatic N) is 3. The Hall–Kier alpha value is -3.55. The van der Waals surface area contributed by atoms with E-state index < -0.39 is 21.8 Å². The first-order chi connectivity index (χ1) is 15.3. The summed E-state index contributed by atoms with van der Waals surface area (Å²) in [4.78, 5) is 16.7. The van der Waals surface area contributed by atoms with Gasteiger partial charge in [-0.3, -0.25) is 4.79 Å². The standard InChI is InChI=1S/C22H21FN6O2S/c1-29-13-19-18(21(29)22(30)27-16-10-17(12-24)26-20(23)11-16)8-7-15(28-32(19,25)31)9-14-5-3-2-4-6-14/h2-6,10-11,13,15H,7-9H2,1H3,(H2,25,28,31)(H,26,27,30). The molecule has 2 unspecified atom stereocenters. The van der Waals surface area contributed by atoms with Crippen molar-refractivity contribution in [3.8, 4) is 6.07 Å². The smallest absolute Gasteiger partial charge is 0.272 e. The summed E-state index contributed by atoms with van der Waals surface area (Å²) in [5.41, 5.74) is 1.78. The number of carbonyl (C=O) groups is 1. The second-order valence-electron chi connectivity index (χ2n) is 7.66. The van der Waals surface area contributed by atoms with Crippen LogP contribution in [0.4, 0.5) is 10.1 Å². The summed E-state index contributed by atoms with van der Waals surface area (Å²) < 4.78 is 39.9. The van der Waals surface area contributed by atoms with Crippen molar-refractivity contribution < 1.29 is 13.4 Å². The summed E-state index contributed by atoms with van der Waals surface area (Å²) in [5.74, 6) is -1.42. The Morgan fingerprint density at radius 3 is 2.88 bits per heavy atom. The Morgan fingerprint density at radius 1 is 1.41 bits per heavy atom. The van der Waals surface area contributed by atoms with Gasteiger partial charge in [0.15, 0.2) is 0 Å². The third-order valence-corrected chi connectivity index (χ3v) is 6.97. The second kappa shape index (κ2) is 8.53. The van der Waals surface area contributed by atoms with Crippen LogP contribution >= 0.6 is 0 Å². The van der Waals surface area contributed by atoms with Crippen LogP contribution in [0.1, 0.15) is 33.7 Å². The van der Waals surface area contributed by atoms with Crippen LogP contribution in [0.5, 0.6) is 0 Å². The molecule has 2 atom stereocenters. The first-order valence-electron chi connectivity index (χ1n) is 9.94. The molecule has 3 aromatic rings. The fraction of sp³-hybridized carbons (Fsp3) is 0.227. The number of hydrogen-bond donors (Lipinski definition) is 3. The first-order valence-corrected chi connectivity index (χ1v) is 11.5. The zero-order valence-corrected chi connectivity index (χ0v) is 18.1. The second-order valence-corrected chi connectivity index (χ2v) is 9.45. The Labute approximate surface area is 185 Å². The molecule has 0 saturated heterocycles. The molecular weight excluding hydrogens is 431 g/mol. The van der Waals surface area contributed by atoms with Crippen molar-refractivity contribution in [1.29, 1.82) is 10.0 Å². The number of nitrogens with one attached hydrogen (secondary N) is 3. The molecule has 1 aliphatic heterocycles. The number of halogens is 1. The van der Waals surface area contributed by atoms with E-state index in [0.29, 0.717) is 24.8 Å². The maximum atomic E-state index is 13.6. The van der Waals surface area contributed by atoms with Crippen molar-refractivity contribution in [2.24, 2.45) is 7.05 Å². The molecule has 0 aliphatic carbocycles. The number of hydrogen-bond acceptors (Lipinski definition) is 5. The largest absolute Gasteiger partial charge is 0.345 e. The van der Waals surface area contributed by atoms with Crippen LogP contribution in [0.2, 0.25) is 0 Å². The average molecular weight is 453 g/mol. The zero-order valence-electron chi connectivity index (χ0n) is 17.3. The summed E-state index contributed by atoms with van der Waals surface area (Å²) in [6, 6.07) is 13.6. The van der Waals surface area contributed by atoms with E-state index in [4.69, 9.17) is 10.0 Å². The van der Waals surface area contributed by atoms with Gasteiger partial charge in [0.2, 0.25) is 5.95 Å². The van der Waals surface area contributed by atoms with E-state index in [9.17, 15) is 13.4 Å². The Morgan fingerprint density at radius 2 is 2.16 bits per heavy atom. The number of fused-ring (bicyclic) bond motifs is 1. The third-order valence-electron chi connectivity index (χ3n) is 5.34. The van der Waals surface area contributed by atoms with Gasteiger partial charge < -0.3 is 9.88 Å². The van der Waals surface area contributed by atoms with E-state index >= 15 is 0 Å². The molecule has 0 radical (unpaired) electrons. The number of amides is 1. The van der Waals surface area contributed by atoms with Gasteiger partial charge in [0.05, 0.1) is 4.90 Å². The van der Waals surface area contributed by atoms with Crippen LogP contribution in [0.3, 0.4) is 0 Å². The van der Waals surface area contributed by atoms with Crippen LogP contribution < -0.4 is 10.0 Å². The molecule has 2 aromatic heterocycles. The third kappa shape index (κ3) is 4.39. The number of carbonyl (C=O) groups excluding carboxylic acids is 1. The highest BCUT2D eigenvalue weighted by Gasteiger charge is 2.31. The van der Waals surface area contributed by atoms with Gasteiger partial charge in [-0.25, -0.2) is 18.7 Å². The first kappa shape index (κ1) is 21.7. The van der Waals surface area contributed by atoms with Crippen LogP contribution in [-0.2, 0) is 29.8 Å². The molecule has 32 heavy (non-hydrogen) atoms. The van der Waals surface area contributed by atoms with Crippen molar-refractivity contribution in [1.82, 2.24) is 14.3 Å². The molecule has 10 heteroatoms. The van der Waals surface area contributed by atoms with E-state index in [0.717, 1.165) is 11.6 Å². The molecule has 0 fully saturated rings. The van der Waals surface area contributed by atoms with Crippen molar-refractivity contribution >= 4 is 21.5 Å². The van der Waals surface area contributed by atoms with Crippen LogP contribution in [0.15, 0.2) is 53.6 Å². The van der Waals surface area contributed by atoms with Gasteiger partial charge in [0, 0.05) is 36.6 Å². The maximum absolute atomic E-state index is 13.6. The van der Waals surface area contributed by atoms with Gasteiger partial charge in [-0.15, -0.1) is 0 Å². The lowest BCUT2D eigenvalue weighted by atomic mass is 9.99. The molecule has 0 spiro atoms. The quantitative estimate of drug-likeness (QED) is 0.526. The minimum Gasteiger partial charge on any atom is -0.345 e. The summed E-state index contributed by atoms with van der Waals surface area (Å²) in [6.07, 6.45) is 3.19. The molecule has 3 heterocycles. The Bertz CT molecular complexity index is 1330. The van der Waals surface area contributed by atoms with Crippen molar-refractivity contribution in [3.63, 3.8) is 0 Å². The van der Waals surface area contributed by atoms with E-state index in [1.165, 1.54) is 16.8 Å². The molecule has 1 amide bonds. The van der Waals surface area contributed by atoms with Crippen molar-refractivity contribution in [2.75, 3.05) is 5.32 Å². The van der Waals surface area contributed by atoms with E-state index in [-0.39, 0.29) is 28.0 Å². The maximum Gasteiger partial charge on any atom is 0.272 e. The minimum atomic E-state index is -3.34. The van der Waals surface area contributed by atoms with E-state index in [1.54, 1.807) is 13.1 Å². The molecular formula is C22H21FN6O2S. The predicted octanol–water partition coefficient (Wildman–Crippen LogP) is 3.15. The lowest BCUT2D eigenvalue weighted by Crippen LogP contribution is -2.34. The summed E-state index contributed by atoms with van der Waals surface area (Å²) >= 11 is 0. The predicted molar refractivity (Wildman–Crippen MR) is 117 cm³/mol. The number of benzene rings is 1. The van der Waals surface area contributed by atoms with Crippen LogP contribution in [0, 0.1) is 22.1 Å². The molecule has 1 aliphatic rings. The highest BCUT2D eigenvalue weighted by molar-refractivity contribution is 7.90. The summed E-state index contributed by atoms with van der Waals surface area (Å²) in [5, 5.41) is 11.6. The summed E-state index contributed by atoms with van der Waals surface area (Å²) in [7, 11) is -1.70. The van der Waals surface area contributed by atoms with Gasteiger partial charge in [-0.1, -0.05) is 30.3 Å². The monoisotopic (exact) mass is 452 g/mol. The Kier molecular flexibility index (Phi) is 5.78. The Balaban J connectivity index is 1.63. The molecule has 3 N–H and O–H groups in total. The molecule has 8 nitrogen and oxygen atoms in total. The molecule has 164 valence electrons. The van der Waals surface area contributed by atoms with Crippen LogP contribution in [0.25, 0.3) is 0 Å².